The number of hydrogen-bond donors (Lipinski definition) is 0. The van der Waals surface area contributed by atoms with Gasteiger partial charge in [0.15, 0.2) is 5.60 Å². The number of rotatable bonds is 2. The van der Waals surface area contributed by atoms with Gasteiger partial charge in [0.05, 0.1) is 0 Å². The average molecular weight is 423 g/mol. The van der Waals surface area contributed by atoms with Crippen LogP contribution in [0.5, 0.6) is 5.75 Å². The Balaban J connectivity index is 1.45. The van der Waals surface area contributed by atoms with Crippen molar-refractivity contribution in [3.63, 3.8) is 0 Å². The van der Waals surface area contributed by atoms with Crippen LogP contribution < -0.4 is 4.74 Å². The number of ether oxygens (including phenoxy) is 1. The normalized spacial score (nSPS) is 14.9. The summed E-state index contributed by atoms with van der Waals surface area (Å²) < 4.78 is 7.06. The highest BCUT2D eigenvalue weighted by Crippen LogP contribution is 2.48. The van der Waals surface area contributed by atoms with E-state index in [1.165, 1.54) is 33.0 Å². The van der Waals surface area contributed by atoms with E-state index in [1.54, 1.807) is 0 Å². The molecule has 1 aliphatic carbocycles. The van der Waals surface area contributed by atoms with Gasteiger partial charge >= 0.3 is 0 Å². The van der Waals surface area contributed by atoms with Crippen LogP contribution in [0.15, 0.2) is 115 Å². The van der Waals surface area contributed by atoms with Crippen molar-refractivity contribution in [3.05, 3.63) is 143 Å². The maximum Gasteiger partial charge on any atom is 0.178 e. The smallest absolute Gasteiger partial charge is 0.178 e. The zero-order valence-corrected chi connectivity index (χ0v) is 18.2. The van der Waals surface area contributed by atoms with Gasteiger partial charge in [-0.05, 0) is 46.2 Å². The minimum Gasteiger partial charge on any atom is -0.472 e. The third-order valence-electron chi connectivity index (χ3n) is 7.13. The lowest BCUT2D eigenvalue weighted by Crippen LogP contribution is -2.34. The fourth-order valence-electron chi connectivity index (χ4n) is 5.52. The molecule has 0 aromatic heterocycles. The van der Waals surface area contributed by atoms with Gasteiger partial charge in [-0.15, -0.1) is 0 Å². The van der Waals surface area contributed by atoms with E-state index in [1.807, 2.05) is 0 Å². The Bertz CT molecular complexity index is 1510. The maximum absolute atomic E-state index is 7.06. The fraction of sp³-hybridized carbons (Fsp3) is 0.0625. The van der Waals surface area contributed by atoms with Crippen LogP contribution in [-0.4, -0.2) is 0 Å². The van der Waals surface area contributed by atoms with E-state index < -0.39 is 5.60 Å². The second kappa shape index (κ2) is 6.95. The van der Waals surface area contributed by atoms with Crippen molar-refractivity contribution >= 4 is 16.8 Å². The highest BCUT2D eigenvalue weighted by atomic mass is 16.5. The van der Waals surface area contributed by atoms with Crippen molar-refractivity contribution in [3.8, 4) is 16.9 Å². The standard InChI is InChI=1S/C32H22O/c1-3-10-24(11-4-1)32(25-12-5-2-6-13-25)20-19-22-15-16-28-29(31(22)33-32)18-17-27-26-14-8-7-9-23(26)21-30(27)28/h1-20H,21H2. The van der Waals surface area contributed by atoms with Crippen LogP contribution in [0.2, 0.25) is 0 Å². The highest BCUT2D eigenvalue weighted by Gasteiger charge is 2.37. The summed E-state index contributed by atoms with van der Waals surface area (Å²) in [5.74, 6) is 0.960. The summed E-state index contributed by atoms with van der Waals surface area (Å²) in [4.78, 5) is 0. The molecule has 0 atom stereocenters. The molecule has 1 heteroatoms. The molecule has 0 saturated heterocycles. The van der Waals surface area contributed by atoms with Crippen LogP contribution in [0.3, 0.4) is 0 Å². The Morgan fingerprint density at radius 1 is 0.576 bits per heavy atom. The van der Waals surface area contributed by atoms with Gasteiger partial charge in [-0.1, -0.05) is 109 Å². The zero-order chi connectivity index (χ0) is 21.8. The van der Waals surface area contributed by atoms with E-state index in [2.05, 4.69) is 121 Å². The third-order valence-corrected chi connectivity index (χ3v) is 7.13. The lowest BCUT2D eigenvalue weighted by molar-refractivity contribution is 0.163. The first-order chi connectivity index (χ1) is 16.3. The van der Waals surface area contributed by atoms with Crippen molar-refractivity contribution in [1.82, 2.24) is 0 Å². The largest absolute Gasteiger partial charge is 0.472 e. The summed E-state index contributed by atoms with van der Waals surface area (Å²) in [5.41, 5.74) is 8.23. The van der Waals surface area contributed by atoms with Crippen LogP contribution in [0.25, 0.3) is 28.0 Å². The Kier molecular flexibility index (Phi) is 3.89. The predicted octanol–water partition coefficient (Wildman–Crippen LogP) is 7.76. The first-order valence-corrected chi connectivity index (χ1v) is 11.5. The van der Waals surface area contributed by atoms with Gasteiger partial charge in [0.25, 0.3) is 0 Å². The van der Waals surface area contributed by atoms with Crippen molar-refractivity contribution in [2.24, 2.45) is 0 Å². The molecule has 1 nitrogen and oxygen atoms in total. The summed E-state index contributed by atoms with van der Waals surface area (Å²) >= 11 is 0. The lowest BCUT2D eigenvalue weighted by Gasteiger charge is -2.36. The molecule has 5 aromatic rings. The molecule has 1 aliphatic heterocycles. The van der Waals surface area contributed by atoms with Crippen LogP contribution in [0.4, 0.5) is 0 Å². The maximum atomic E-state index is 7.06. The zero-order valence-electron chi connectivity index (χ0n) is 18.2. The number of hydrogen-bond acceptors (Lipinski definition) is 1. The average Bonchev–Trinajstić information content (AvgIpc) is 3.28. The van der Waals surface area contributed by atoms with E-state index in [4.69, 9.17) is 4.74 Å². The molecule has 5 aromatic carbocycles. The Morgan fingerprint density at radius 3 is 2.00 bits per heavy atom. The molecule has 0 unspecified atom stereocenters. The molecule has 0 radical (unpaired) electrons. The van der Waals surface area contributed by atoms with Crippen molar-refractivity contribution < 1.29 is 4.74 Å². The topological polar surface area (TPSA) is 9.23 Å². The molecule has 0 amide bonds. The molecular weight excluding hydrogens is 400 g/mol. The van der Waals surface area contributed by atoms with Gasteiger partial charge in [-0.2, -0.15) is 0 Å². The Morgan fingerprint density at radius 2 is 1.24 bits per heavy atom. The highest BCUT2D eigenvalue weighted by molar-refractivity contribution is 6.00. The molecule has 0 N–H and O–H groups in total. The molecule has 0 fully saturated rings. The van der Waals surface area contributed by atoms with Gasteiger partial charge < -0.3 is 4.74 Å². The predicted molar refractivity (Wildman–Crippen MR) is 136 cm³/mol. The summed E-state index contributed by atoms with van der Waals surface area (Å²) in [6.07, 6.45) is 5.40. The monoisotopic (exact) mass is 422 g/mol. The van der Waals surface area contributed by atoms with Crippen molar-refractivity contribution in [2.75, 3.05) is 0 Å². The molecular formula is C32H22O. The van der Waals surface area contributed by atoms with Gasteiger partial charge in [-0.25, -0.2) is 0 Å². The van der Waals surface area contributed by atoms with Crippen molar-refractivity contribution in [2.45, 2.75) is 12.0 Å². The summed E-state index contributed by atoms with van der Waals surface area (Å²) in [6, 6.07) is 38.8. The second-order valence-electron chi connectivity index (χ2n) is 8.91. The first-order valence-electron chi connectivity index (χ1n) is 11.5. The molecule has 7 rings (SSSR count). The molecule has 1 heterocycles. The number of benzene rings is 5. The van der Waals surface area contributed by atoms with Crippen molar-refractivity contribution in [1.29, 1.82) is 0 Å². The summed E-state index contributed by atoms with van der Waals surface area (Å²) in [6.45, 7) is 0. The lowest BCUT2D eigenvalue weighted by atomic mass is 9.83. The van der Waals surface area contributed by atoms with Gasteiger partial charge in [-0.3, -0.25) is 0 Å². The Hall–Kier alpha value is -4.10. The second-order valence-corrected chi connectivity index (χ2v) is 8.91. The molecule has 33 heavy (non-hydrogen) atoms. The van der Waals surface area contributed by atoms with E-state index >= 15 is 0 Å². The Labute approximate surface area is 193 Å². The molecule has 0 saturated carbocycles. The van der Waals surface area contributed by atoms with E-state index in [0.717, 1.165) is 28.9 Å². The van der Waals surface area contributed by atoms with Crippen LogP contribution in [0, 0.1) is 0 Å². The van der Waals surface area contributed by atoms with E-state index in [0.29, 0.717) is 0 Å². The first kappa shape index (κ1) is 18.5. The minimum absolute atomic E-state index is 0.661. The molecule has 156 valence electrons. The van der Waals surface area contributed by atoms with Crippen LogP contribution >= 0.6 is 0 Å². The number of fused-ring (bicyclic) bond motifs is 7. The van der Waals surface area contributed by atoms with Gasteiger partial charge in [0.1, 0.15) is 5.75 Å². The van der Waals surface area contributed by atoms with E-state index in [-0.39, 0.29) is 0 Å². The molecule has 2 aliphatic rings. The third kappa shape index (κ3) is 2.66. The minimum atomic E-state index is -0.661. The molecule has 0 bridgehead atoms. The van der Waals surface area contributed by atoms with Crippen LogP contribution in [-0.2, 0) is 12.0 Å². The summed E-state index contributed by atoms with van der Waals surface area (Å²) in [7, 11) is 0. The van der Waals surface area contributed by atoms with Gasteiger partial charge in [0, 0.05) is 22.1 Å². The van der Waals surface area contributed by atoms with Gasteiger partial charge in [0.2, 0.25) is 0 Å². The van der Waals surface area contributed by atoms with E-state index in [9.17, 15) is 0 Å². The SMILES string of the molecule is C1=CC(c2ccccc2)(c2ccccc2)Oc2c1ccc1c3c(ccc21)-c1ccccc1C3. The summed E-state index contributed by atoms with van der Waals surface area (Å²) in [5, 5.41) is 2.47. The fourth-order valence-corrected chi connectivity index (χ4v) is 5.52. The van der Waals surface area contributed by atoms with Crippen LogP contribution in [0.1, 0.15) is 27.8 Å². The molecule has 0 spiro atoms. The quantitative estimate of drug-likeness (QED) is 0.277.